The maximum absolute atomic E-state index is 11.2. The molecule has 0 amide bonds. The molecule has 0 aliphatic carbocycles. The molecule has 0 bridgehead atoms. The molecule has 0 radical (unpaired) electrons. The molecule has 0 unspecified atom stereocenters. The quantitative estimate of drug-likeness (QED) is 0.733. The third kappa shape index (κ3) is 2.33. The molecule has 1 heterocycles. The molecule has 6 heteroatoms. The van der Waals surface area contributed by atoms with Crippen LogP contribution in [0.25, 0.3) is 0 Å². The van der Waals surface area contributed by atoms with Gasteiger partial charge in [0.2, 0.25) is 0 Å². The molecule has 0 spiro atoms. The molecule has 4 nitrogen and oxygen atoms in total. The lowest BCUT2D eigenvalue weighted by molar-refractivity contribution is -0.129. The van der Waals surface area contributed by atoms with Crippen molar-refractivity contribution in [1.82, 2.24) is 0 Å². The van der Waals surface area contributed by atoms with Crippen LogP contribution < -0.4 is 0 Å². The second-order valence-electron chi connectivity index (χ2n) is 2.83. The van der Waals surface area contributed by atoms with Crippen LogP contribution in [0.3, 0.4) is 0 Å². The molecule has 0 saturated carbocycles. The third-order valence-electron chi connectivity index (χ3n) is 1.78. The number of hydrogen-bond acceptors (Lipinski definition) is 5. The number of rotatable bonds is 4. The van der Waals surface area contributed by atoms with Gasteiger partial charge in [-0.25, -0.2) is 8.42 Å². The number of carbonyl (C=O) groups excluding carboxylic acids is 1. The Kier molecular flexibility index (Phi) is 3.28. The van der Waals surface area contributed by atoms with Gasteiger partial charge in [0.05, 0.1) is 4.90 Å². The van der Waals surface area contributed by atoms with Gasteiger partial charge in [-0.2, -0.15) is 0 Å². The van der Waals surface area contributed by atoms with E-state index in [-0.39, 0.29) is 6.61 Å². The Morgan fingerprint density at radius 2 is 2.21 bits per heavy atom. The zero-order valence-corrected chi connectivity index (χ0v) is 9.44. The first-order valence-electron chi connectivity index (χ1n) is 3.79. The van der Waals surface area contributed by atoms with Crippen molar-refractivity contribution in [2.45, 2.75) is 18.4 Å². The standard InChI is InChI=1S/C8H10O4S2/c1-6-7(3-12-5-9)13-4-8(6)14(2,10)11/h4-5H,3H2,1-2H3. The lowest BCUT2D eigenvalue weighted by Gasteiger charge is -1.99. The van der Waals surface area contributed by atoms with Crippen LogP contribution in [0.15, 0.2) is 10.3 Å². The van der Waals surface area contributed by atoms with Crippen molar-refractivity contribution >= 4 is 27.6 Å². The van der Waals surface area contributed by atoms with Gasteiger partial charge in [-0.15, -0.1) is 11.3 Å². The van der Waals surface area contributed by atoms with E-state index in [1.165, 1.54) is 11.3 Å². The summed E-state index contributed by atoms with van der Waals surface area (Å²) in [6.07, 6.45) is 1.16. The van der Waals surface area contributed by atoms with Crippen LogP contribution in [-0.4, -0.2) is 21.1 Å². The molecule has 1 aromatic rings. The van der Waals surface area contributed by atoms with Gasteiger partial charge >= 0.3 is 0 Å². The van der Waals surface area contributed by atoms with Crippen molar-refractivity contribution in [2.75, 3.05) is 6.26 Å². The van der Waals surface area contributed by atoms with Gasteiger partial charge in [-0.05, 0) is 12.5 Å². The summed E-state index contributed by atoms with van der Waals surface area (Å²) in [5, 5.41) is 1.56. The Labute approximate surface area is 86.4 Å². The smallest absolute Gasteiger partial charge is 0.293 e. The largest absolute Gasteiger partial charge is 0.462 e. The number of thiophene rings is 1. The van der Waals surface area contributed by atoms with E-state index in [0.717, 1.165) is 11.1 Å². The van der Waals surface area contributed by atoms with E-state index < -0.39 is 9.84 Å². The molecular weight excluding hydrogens is 224 g/mol. The maximum Gasteiger partial charge on any atom is 0.293 e. The van der Waals surface area contributed by atoms with Gasteiger partial charge in [0, 0.05) is 16.5 Å². The predicted octanol–water partition coefficient (Wildman–Crippen LogP) is 1.13. The molecule has 0 aliphatic heterocycles. The van der Waals surface area contributed by atoms with E-state index in [0.29, 0.717) is 16.9 Å². The van der Waals surface area contributed by atoms with Crippen molar-refractivity contribution in [2.24, 2.45) is 0 Å². The van der Waals surface area contributed by atoms with Crippen LogP contribution in [0.2, 0.25) is 0 Å². The lowest BCUT2D eigenvalue weighted by Crippen LogP contribution is -1.98. The highest BCUT2D eigenvalue weighted by Gasteiger charge is 2.15. The lowest BCUT2D eigenvalue weighted by atomic mass is 10.3. The van der Waals surface area contributed by atoms with E-state index in [1.807, 2.05) is 0 Å². The molecule has 0 fully saturated rings. The first kappa shape index (κ1) is 11.2. The van der Waals surface area contributed by atoms with Gasteiger partial charge in [0.15, 0.2) is 9.84 Å². The molecule has 0 aromatic carbocycles. The van der Waals surface area contributed by atoms with Crippen LogP contribution in [0, 0.1) is 6.92 Å². The molecule has 0 N–H and O–H groups in total. The molecule has 0 saturated heterocycles. The van der Waals surface area contributed by atoms with E-state index in [1.54, 1.807) is 12.3 Å². The van der Waals surface area contributed by atoms with Crippen molar-refractivity contribution in [3.63, 3.8) is 0 Å². The summed E-state index contributed by atoms with van der Waals surface area (Å²) in [5.41, 5.74) is 0.666. The maximum atomic E-state index is 11.2. The number of hydrogen-bond donors (Lipinski definition) is 0. The molecular formula is C8H10O4S2. The number of carbonyl (C=O) groups is 1. The second-order valence-corrected chi connectivity index (χ2v) is 5.78. The van der Waals surface area contributed by atoms with Crippen LogP contribution in [0.1, 0.15) is 10.4 Å². The fraction of sp³-hybridized carbons (Fsp3) is 0.375. The highest BCUT2D eigenvalue weighted by molar-refractivity contribution is 7.90. The van der Waals surface area contributed by atoms with Gasteiger partial charge < -0.3 is 4.74 Å². The Morgan fingerprint density at radius 3 is 2.64 bits per heavy atom. The monoisotopic (exact) mass is 234 g/mol. The van der Waals surface area contributed by atoms with Crippen molar-refractivity contribution in [3.8, 4) is 0 Å². The minimum Gasteiger partial charge on any atom is -0.462 e. The SMILES string of the molecule is Cc1c(S(C)(=O)=O)csc1COC=O. The van der Waals surface area contributed by atoms with E-state index in [4.69, 9.17) is 0 Å². The van der Waals surface area contributed by atoms with Crippen molar-refractivity contribution < 1.29 is 17.9 Å². The molecule has 1 rings (SSSR count). The Bertz CT molecular complexity index is 430. The van der Waals surface area contributed by atoms with Crippen LogP contribution in [-0.2, 0) is 26.0 Å². The normalized spacial score (nSPS) is 11.3. The molecule has 0 aliphatic rings. The van der Waals surface area contributed by atoms with Crippen LogP contribution >= 0.6 is 11.3 Å². The van der Waals surface area contributed by atoms with Crippen molar-refractivity contribution in [3.05, 3.63) is 15.8 Å². The average Bonchev–Trinajstić information content (AvgIpc) is 2.42. The van der Waals surface area contributed by atoms with Gasteiger partial charge in [0.1, 0.15) is 6.61 Å². The summed E-state index contributed by atoms with van der Waals surface area (Å²) < 4.78 is 27.0. The van der Waals surface area contributed by atoms with E-state index in [9.17, 15) is 13.2 Å². The van der Waals surface area contributed by atoms with Gasteiger partial charge in [0.25, 0.3) is 6.47 Å². The molecule has 78 valence electrons. The molecule has 14 heavy (non-hydrogen) atoms. The van der Waals surface area contributed by atoms with Crippen LogP contribution in [0.4, 0.5) is 0 Å². The third-order valence-corrected chi connectivity index (χ3v) is 4.21. The average molecular weight is 234 g/mol. The first-order valence-corrected chi connectivity index (χ1v) is 6.56. The summed E-state index contributed by atoms with van der Waals surface area (Å²) in [6.45, 7) is 2.19. The summed E-state index contributed by atoms with van der Waals surface area (Å²) in [5.74, 6) is 0. The Morgan fingerprint density at radius 1 is 1.57 bits per heavy atom. The summed E-state index contributed by atoms with van der Waals surface area (Å²) in [7, 11) is -3.17. The summed E-state index contributed by atoms with van der Waals surface area (Å²) >= 11 is 1.28. The Balaban J connectivity index is 3.03. The topological polar surface area (TPSA) is 60.4 Å². The Hall–Kier alpha value is -0.880. The number of sulfone groups is 1. The zero-order valence-electron chi connectivity index (χ0n) is 7.81. The predicted molar refractivity (Wildman–Crippen MR) is 53.0 cm³/mol. The second kappa shape index (κ2) is 4.10. The van der Waals surface area contributed by atoms with Gasteiger partial charge in [-0.1, -0.05) is 0 Å². The fourth-order valence-corrected chi connectivity index (χ4v) is 3.49. The highest BCUT2D eigenvalue weighted by Crippen LogP contribution is 2.26. The number of ether oxygens (including phenoxy) is 1. The summed E-state index contributed by atoms with van der Waals surface area (Å²) in [6, 6.07) is 0. The van der Waals surface area contributed by atoms with Crippen molar-refractivity contribution in [1.29, 1.82) is 0 Å². The first-order chi connectivity index (χ1) is 6.46. The molecule has 1 aromatic heterocycles. The summed E-state index contributed by atoms with van der Waals surface area (Å²) in [4.78, 5) is 11.0. The minimum atomic E-state index is -3.17. The van der Waals surface area contributed by atoms with E-state index in [2.05, 4.69) is 4.74 Å². The minimum absolute atomic E-state index is 0.134. The van der Waals surface area contributed by atoms with E-state index >= 15 is 0 Å². The fourth-order valence-electron chi connectivity index (χ4n) is 1.06. The van der Waals surface area contributed by atoms with Crippen LogP contribution in [0.5, 0.6) is 0 Å². The van der Waals surface area contributed by atoms with Gasteiger partial charge in [-0.3, -0.25) is 4.79 Å². The zero-order chi connectivity index (χ0) is 10.8. The molecule has 0 atom stereocenters. The highest BCUT2D eigenvalue weighted by atomic mass is 32.2.